The van der Waals surface area contributed by atoms with Crippen molar-refractivity contribution in [2.45, 2.75) is 38.3 Å². The second-order valence-corrected chi connectivity index (χ2v) is 9.66. The molecular formula is C25H25N3O6S. The molecule has 0 bridgehead atoms. The van der Waals surface area contributed by atoms with Gasteiger partial charge in [0.15, 0.2) is 0 Å². The van der Waals surface area contributed by atoms with Gasteiger partial charge >= 0.3 is 0 Å². The molecule has 9 nitrogen and oxygen atoms in total. The van der Waals surface area contributed by atoms with E-state index in [0.29, 0.717) is 23.8 Å². The summed E-state index contributed by atoms with van der Waals surface area (Å²) in [5.41, 5.74) is 3.03. The van der Waals surface area contributed by atoms with Gasteiger partial charge in [-0.3, -0.25) is 4.79 Å². The minimum atomic E-state index is -3.70. The molecule has 0 saturated heterocycles. The van der Waals surface area contributed by atoms with Gasteiger partial charge in [-0.25, -0.2) is 13.1 Å². The molecule has 4 rings (SSSR count). The summed E-state index contributed by atoms with van der Waals surface area (Å²) < 4.78 is 43.4. The summed E-state index contributed by atoms with van der Waals surface area (Å²) >= 11 is 0. The average molecular weight is 496 g/mol. The quantitative estimate of drug-likeness (QED) is 0.339. The monoisotopic (exact) mass is 495 g/mol. The first-order valence-corrected chi connectivity index (χ1v) is 12.3. The maximum atomic E-state index is 12.4. The lowest BCUT2D eigenvalue weighted by Gasteiger charge is -2.09. The van der Waals surface area contributed by atoms with Crippen molar-refractivity contribution in [3.63, 3.8) is 0 Å². The number of anilines is 1. The Kier molecular flexibility index (Phi) is 7.33. The number of hydrogen-bond acceptors (Lipinski definition) is 7. The predicted molar refractivity (Wildman–Crippen MR) is 128 cm³/mol. The Bertz CT molecular complexity index is 1360. The number of nitrogens with zero attached hydrogens (tertiary/aromatic N) is 1. The Labute approximate surface area is 203 Å². The normalized spacial score (nSPS) is 11.4. The van der Waals surface area contributed by atoms with Crippen LogP contribution in [0.25, 0.3) is 0 Å². The number of aryl methyl sites for hydroxylation is 2. The molecule has 0 unspecified atom stereocenters. The van der Waals surface area contributed by atoms with Gasteiger partial charge in [-0.1, -0.05) is 17.3 Å². The SMILES string of the molecule is Cc1noc(C)c1COc1ccc(CC(=O)Nc2ccc(S(=O)(=O)NCc3ccco3)cc2)cc1. The molecule has 1 amide bonds. The van der Waals surface area contributed by atoms with Crippen LogP contribution in [0.15, 0.2) is 80.8 Å². The molecule has 0 fully saturated rings. The van der Waals surface area contributed by atoms with Crippen LogP contribution in [0.2, 0.25) is 0 Å². The second-order valence-electron chi connectivity index (χ2n) is 7.89. The lowest BCUT2D eigenvalue weighted by atomic mass is 10.1. The number of carbonyl (C=O) groups excluding carboxylic acids is 1. The van der Waals surface area contributed by atoms with Crippen LogP contribution in [-0.2, 0) is 34.4 Å². The first-order valence-electron chi connectivity index (χ1n) is 10.9. The smallest absolute Gasteiger partial charge is 0.240 e. The molecule has 2 N–H and O–H groups in total. The van der Waals surface area contributed by atoms with Gasteiger partial charge in [-0.15, -0.1) is 0 Å². The summed E-state index contributed by atoms with van der Waals surface area (Å²) in [6, 6.07) is 16.6. The number of nitrogens with one attached hydrogen (secondary N) is 2. The van der Waals surface area contributed by atoms with Crippen molar-refractivity contribution < 1.29 is 26.9 Å². The van der Waals surface area contributed by atoms with Crippen molar-refractivity contribution in [3.8, 4) is 5.75 Å². The minimum Gasteiger partial charge on any atom is -0.489 e. The van der Waals surface area contributed by atoms with Crippen molar-refractivity contribution in [2.24, 2.45) is 0 Å². The number of ether oxygens (including phenoxy) is 1. The summed E-state index contributed by atoms with van der Waals surface area (Å²) in [7, 11) is -3.70. The van der Waals surface area contributed by atoms with E-state index in [1.807, 2.05) is 26.0 Å². The zero-order valence-electron chi connectivity index (χ0n) is 19.3. The third kappa shape index (κ3) is 6.37. The fourth-order valence-corrected chi connectivity index (χ4v) is 4.33. The van der Waals surface area contributed by atoms with Crippen LogP contribution in [-0.4, -0.2) is 19.5 Å². The number of benzene rings is 2. The zero-order chi connectivity index (χ0) is 24.8. The molecule has 35 heavy (non-hydrogen) atoms. The first-order chi connectivity index (χ1) is 16.8. The van der Waals surface area contributed by atoms with E-state index < -0.39 is 10.0 Å². The fourth-order valence-electron chi connectivity index (χ4n) is 3.34. The molecule has 182 valence electrons. The Hall–Kier alpha value is -3.89. The lowest BCUT2D eigenvalue weighted by molar-refractivity contribution is -0.115. The molecule has 4 aromatic rings. The summed E-state index contributed by atoms with van der Waals surface area (Å²) in [5.74, 6) is 1.69. The van der Waals surface area contributed by atoms with E-state index in [1.165, 1.54) is 18.4 Å². The van der Waals surface area contributed by atoms with Gasteiger partial charge in [0, 0.05) is 5.69 Å². The molecule has 0 spiro atoms. The van der Waals surface area contributed by atoms with Crippen molar-refractivity contribution in [1.29, 1.82) is 0 Å². The van der Waals surface area contributed by atoms with Gasteiger partial charge in [-0.05, 0) is 67.9 Å². The number of furan rings is 1. The number of amides is 1. The van der Waals surface area contributed by atoms with Gasteiger partial charge in [0.1, 0.15) is 23.9 Å². The minimum absolute atomic E-state index is 0.0530. The van der Waals surface area contributed by atoms with Crippen LogP contribution in [0.5, 0.6) is 5.75 Å². The third-order valence-electron chi connectivity index (χ3n) is 5.32. The van der Waals surface area contributed by atoms with Gasteiger partial charge in [0.25, 0.3) is 0 Å². The molecule has 0 aliphatic carbocycles. The third-order valence-corrected chi connectivity index (χ3v) is 6.73. The maximum absolute atomic E-state index is 12.4. The van der Waals surface area contributed by atoms with Gasteiger partial charge < -0.3 is 19.0 Å². The van der Waals surface area contributed by atoms with Crippen LogP contribution in [0.4, 0.5) is 5.69 Å². The Morgan fingerprint density at radius 2 is 1.77 bits per heavy atom. The topological polar surface area (TPSA) is 124 Å². The van der Waals surface area contributed by atoms with E-state index in [2.05, 4.69) is 15.2 Å². The molecule has 0 aliphatic rings. The van der Waals surface area contributed by atoms with Crippen molar-refractivity contribution in [3.05, 3.63) is 95.3 Å². The number of aromatic nitrogens is 1. The van der Waals surface area contributed by atoms with Gasteiger partial charge in [-0.2, -0.15) is 0 Å². The maximum Gasteiger partial charge on any atom is 0.240 e. The van der Waals surface area contributed by atoms with Crippen LogP contribution < -0.4 is 14.8 Å². The molecule has 0 aliphatic heterocycles. The second kappa shape index (κ2) is 10.6. The summed E-state index contributed by atoms with van der Waals surface area (Å²) in [4.78, 5) is 12.5. The molecule has 2 aromatic heterocycles. The number of sulfonamides is 1. The highest BCUT2D eigenvalue weighted by atomic mass is 32.2. The highest BCUT2D eigenvalue weighted by molar-refractivity contribution is 7.89. The Balaban J connectivity index is 1.28. The summed E-state index contributed by atoms with van der Waals surface area (Å²) in [5, 5.41) is 6.68. The van der Waals surface area contributed by atoms with Crippen LogP contribution in [0.3, 0.4) is 0 Å². The Morgan fingerprint density at radius 1 is 1.03 bits per heavy atom. The van der Waals surface area contributed by atoms with Crippen molar-refractivity contribution >= 4 is 21.6 Å². The van der Waals surface area contributed by atoms with E-state index in [9.17, 15) is 13.2 Å². The van der Waals surface area contributed by atoms with E-state index in [1.54, 1.807) is 36.4 Å². The highest BCUT2D eigenvalue weighted by Gasteiger charge is 2.15. The summed E-state index contributed by atoms with van der Waals surface area (Å²) in [6.07, 6.45) is 1.64. The molecule has 0 saturated carbocycles. The zero-order valence-corrected chi connectivity index (χ0v) is 20.1. The van der Waals surface area contributed by atoms with Crippen LogP contribution in [0.1, 0.15) is 28.3 Å². The van der Waals surface area contributed by atoms with Gasteiger partial charge in [0.05, 0.1) is 35.4 Å². The standard InChI is InChI=1S/C25H25N3O6S/c1-17-24(18(2)34-28-17)16-33-21-9-5-19(6-10-21)14-25(29)27-20-7-11-23(12-8-20)35(30,31)26-15-22-4-3-13-32-22/h3-13,26H,14-16H2,1-2H3,(H,27,29). The number of rotatable bonds is 10. The highest BCUT2D eigenvalue weighted by Crippen LogP contribution is 2.19. The number of carbonyl (C=O) groups is 1. The molecule has 2 heterocycles. The molecule has 0 atom stereocenters. The van der Waals surface area contributed by atoms with E-state index >= 15 is 0 Å². The fraction of sp³-hybridized carbons (Fsp3) is 0.200. The van der Waals surface area contributed by atoms with E-state index in [4.69, 9.17) is 13.7 Å². The van der Waals surface area contributed by atoms with Crippen LogP contribution >= 0.6 is 0 Å². The molecule has 2 aromatic carbocycles. The molecule has 10 heteroatoms. The van der Waals surface area contributed by atoms with E-state index in [0.717, 1.165) is 22.6 Å². The van der Waals surface area contributed by atoms with Crippen molar-refractivity contribution in [2.75, 3.05) is 5.32 Å². The number of hydrogen-bond donors (Lipinski definition) is 2. The lowest BCUT2D eigenvalue weighted by Crippen LogP contribution is -2.23. The predicted octanol–water partition coefficient (Wildman–Crippen LogP) is 4.12. The van der Waals surface area contributed by atoms with E-state index in [-0.39, 0.29) is 23.8 Å². The first kappa shape index (κ1) is 24.2. The summed E-state index contributed by atoms with van der Waals surface area (Å²) in [6.45, 7) is 4.11. The van der Waals surface area contributed by atoms with Crippen LogP contribution in [0, 0.1) is 13.8 Å². The average Bonchev–Trinajstić information content (AvgIpc) is 3.47. The van der Waals surface area contributed by atoms with Gasteiger partial charge in [0.2, 0.25) is 15.9 Å². The molecule has 0 radical (unpaired) electrons. The largest absolute Gasteiger partial charge is 0.489 e. The van der Waals surface area contributed by atoms with Crippen molar-refractivity contribution in [1.82, 2.24) is 9.88 Å². The molecular weight excluding hydrogens is 470 g/mol. The Morgan fingerprint density at radius 3 is 2.40 bits per heavy atom.